The number of rotatable bonds is 10. The highest BCUT2D eigenvalue weighted by atomic mass is 16.5. The summed E-state index contributed by atoms with van der Waals surface area (Å²) in [5.74, 6) is 2.02. The van der Waals surface area contributed by atoms with Gasteiger partial charge < -0.3 is 14.5 Å². The van der Waals surface area contributed by atoms with E-state index in [1.807, 2.05) is 24.3 Å². The van der Waals surface area contributed by atoms with Crippen LogP contribution in [0.15, 0.2) is 72.4 Å². The maximum Gasteiger partial charge on any atom is 0.157 e. The van der Waals surface area contributed by atoms with Crippen molar-refractivity contribution < 1.29 is 4.74 Å². The third-order valence-corrected chi connectivity index (χ3v) is 6.19. The zero-order valence-electron chi connectivity index (χ0n) is 19.2. The summed E-state index contributed by atoms with van der Waals surface area (Å²) in [6.07, 6.45) is 4.30. The second kappa shape index (κ2) is 11.0. The van der Waals surface area contributed by atoms with Gasteiger partial charge in [0.15, 0.2) is 5.84 Å². The Labute approximate surface area is 192 Å². The highest BCUT2D eigenvalue weighted by Gasteiger charge is 2.23. The average Bonchev–Trinajstić information content (AvgIpc) is 3.25. The van der Waals surface area contributed by atoms with Crippen LogP contribution in [-0.2, 0) is 0 Å². The molecule has 4 rings (SSSR count). The van der Waals surface area contributed by atoms with Gasteiger partial charge in [-0.15, -0.1) is 6.58 Å². The van der Waals surface area contributed by atoms with Gasteiger partial charge in [-0.2, -0.15) is 5.10 Å². The highest BCUT2D eigenvalue weighted by molar-refractivity contribution is 5.99. The first-order valence-electron chi connectivity index (χ1n) is 11.6. The lowest BCUT2D eigenvalue weighted by molar-refractivity contribution is 0.220. The van der Waals surface area contributed by atoms with Crippen molar-refractivity contribution in [1.82, 2.24) is 14.8 Å². The minimum Gasteiger partial charge on any atom is -0.495 e. The van der Waals surface area contributed by atoms with Crippen molar-refractivity contribution in [1.29, 1.82) is 0 Å². The normalized spacial score (nSPS) is 16.9. The molecule has 0 aliphatic carbocycles. The molecule has 170 valence electrons. The molecule has 0 bridgehead atoms. The van der Waals surface area contributed by atoms with E-state index in [1.54, 1.807) is 7.11 Å². The van der Waals surface area contributed by atoms with E-state index < -0.39 is 0 Å². The van der Waals surface area contributed by atoms with Crippen LogP contribution in [0.2, 0.25) is 0 Å². The zero-order valence-corrected chi connectivity index (χ0v) is 19.2. The Bertz CT molecular complexity index is 892. The second-order valence-corrected chi connectivity index (χ2v) is 8.38. The number of hydrazone groups is 1. The van der Waals surface area contributed by atoms with Crippen LogP contribution in [-0.4, -0.2) is 80.2 Å². The third-order valence-electron chi connectivity index (χ3n) is 6.19. The van der Waals surface area contributed by atoms with E-state index in [0.717, 1.165) is 70.5 Å². The van der Waals surface area contributed by atoms with E-state index in [1.165, 1.54) is 17.7 Å². The van der Waals surface area contributed by atoms with E-state index in [9.17, 15) is 0 Å². The lowest BCUT2D eigenvalue weighted by Crippen LogP contribution is -2.46. The molecular formula is C26H35N5O. The second-order valence-electron chi connectivity index (χ2n) is 8.38. The van der Waals surface area contributed by atoms with Gasteiger partial charge in [0, 0.05) is 44.8 Å². The van der Waals surface area contributed by atoms with Crippen molar-refractivity contribution in [2.45, 2.75) is 12.8 Å². The predicted molar refractivity (Wildman–Crippen MR) is 132 cm³/mol. The summed E-state index contributed by atoms with van der Waals surface area (Å²) >= 11 is 0. The van der Waals surface area contributed by atoms with Gasteiger partial charge in [0.05, 0.1) is 12.8 Å². The standard InChI is InChI=1S/C26H35N5O/c1-3-15-30-22-31(27-26(30)23-11-5-4-6-12-23)17-10-9-16-28-18-20-29(21-19-28)24-13-7-8-14-25(24)32-2/h3-8,11-14H,1,9-10,15-22H2,2H3. The van der Waals surface area contributed by atoms with Crippen LogP contribution < -0.4 is 9.64 Å². The molecule has 6 nitrogen and oxygen atoms in total. The van der Waals surface area contributed by atoms with Gasteiger partial charge >= 0.3 is 0 Å². The summed E-state index contributed by atoms with van der Waals surface area (Å²) in [5, 5.41) is 7.10. The fourth-order valence-corrected chi connectivity index (χ4v) is 4.47. The van der Waals surface area contributed by atoms with Gasteiger partial charge in [-0.3, -0.25) is 9.91 Å². The number of para-hydroxylation sites is 2. The van der Waals surface area contributed by atoms with E-state index >= 15 is 0 Å². The Balaban J connectivity index is 1.21. The highest BCUT2D eigenvalue weighted by Crippen LogP contribution is 2.28. The average molecular weight is 434 g/mol. The quantitative estimate of drug-likeness (QED) is 0.421. The van der Waals surface area contributed by atoms with Crippen LogP contribution in [0.3, 0.4) is 0 Å². The predicted octanol–water partition coefficient (Wildman–Crippen LogP) is 3.72. The molecule has 2 aromatic rings. The summed E-state index contributed by atoms with van der Waals surface area (Å²) in [7, 11) is 1.75. The third kappa shape index (κ3) is 5.43. The molecule has 32 heavy (non-hydrogen) atoms. The Hall–Kier alpha value is -2.99. The maximum absolute atomic E-state index is 5.53. The maximum atomic E-state index is 5.53. The molecule has 1 fully saturated rings. The Morgan fingerprint density at radius 3 is 2.41 bits per heavy atom. The fraction of sp³-hybridized carbons (Fsp3) is 0.423. The number of unbranched alkanes of at least 4 members (excludes halogenated alkanes) is 1. The number of amidine groups is 1. The molecule has 2 aliphatic heterocycles. The number of anilines is 1. The molecule has 2 aromatic carbocycles. The number of hydrogen-bond donors (Lipinski definition) is 0. The van der Waals surface area contributed by atoms with E-state index in [-0.39, 0.29) is 0 Å². The first kappa shape index (κ1) is 22.2. The van der Waals surface area contributed by atoms with Crippen LogP contribution in [0.5, 0.6) is 5.75 Å². The fourth-order valence-electron chi connectivity index (χ4n) is 4.47. The summed E-state index contributed by atoms with van der Waals surface area (Å²) in [6.45, 7) is 12.0. The Kier molecular flexibility index (Phi) is 7.67. The molecule has 0 N–H and O–H groups in total. The summed E-state index contributed by atoms with van der Waals surface area (Å²) in [6, 6.07) is 18.8. The number of piperazine rings is 1. The van der Waals surface area contributed by atoms with Crippen LogP contribution in [0, 0.1) is 0 Å². The topological polar surface area (TPSA) is 34.5 Å². The number of benzene rings is 2. The van der Waals surface area contributed by atoms with Crippen molar-refractivity contribution in [3.63, 3.8) is 0 Å². The molecule has 0 unspecified atom stereocenters. The van der Waals surface area contributed by atoms with Crippen molar-refractivity contribution in [2.75, 3.05) is 64.5 Å². The molecule has 0 saturated carbocycles. The van der Waals surface area contributed by atoms with E-state index in [4.69, 9.17) is 9.84 Å². The van der Waals surface area contributed by atoms with Crippen LogP contribution in [0.25, 0.3) is 0 Å². The molecule has 1 saturated heterocycles. The first-order chi connectivity index (χ1) is 15.8. The van der Waals surface area contributed by atoms with Gasteiger partial charge in [-0.05, 0) is 31.5 Å². The minimum atomic E-state index is 0.820. The molecule has 0 atom stereocenters. The minimum absolute atomic E-state index is 0.820. The Morgan fingerprint density at radius 2 is 1.66 bits per heavy atom. The van der Waals surface area contributed by atoms with Gasteiger partial charge in [-0.25, -0.2) is 0 Å². The summed E-state index contributed by atoms with van der Waals surface area (Å²) in [4.78, 5) is 7.31. The van der Waals surface area contributed by atoms with Crippen molar-refractivity contribution >= 4 is 11.5 Å². The van der Waals surface area contributed by atoms with Crippen LogP contribution in [0.4, 0.5) is 5.69 Å². The van der Waals surface area contributed by atoms with Crippen LogP contribution in [0.1, 0.15) is 18.4 Å². The van der Waals surface area contributed by atoms with Gasteiger partial charge in [-0.1, -0.05) is 48.5 Å². The molecule has 0 radical (unpaired) electrons. The summed E-state index contributed by atoms with van der Waals surface area (Å²) in [5.41, 5.74) is 2.38. The van der Waals surface area contributed by atoms with Crippen molar-refractivity contribution in [2.24, 2.45) is 5.10 Å². The number of nitrogens with zero attached hydrogens (tertiary/aromatic N) is 5. The van der Waals surface area contributed by atoms with Crippen molar-refractivity contribution in [3.05, 3.63) is 72.8 Å². The van der Waals surface area contributed by atoms with Crippen LogP contribution >= 0.6 is 0 Å². The summed E-state index contributed by atoms with van der Waals surface area (Å²) < 4.78 is 5.53. The van der Waals surface area contributed by atoms with Crippen molar-refractivity contribution in [3.8, 4) is 5.75 Å². The Morgan fingerprint density at radius 1 is 0.938 bits per heavy atom. The van der Waals surface area contributed by atoms with Gasteiger partial charge in [0.2, 0.25) is 0 Å². The lowest BCUT2D eigenvalue weighted by atomic mass is 10.2. The first-order valence-corrected chi connectivity index (χ1v) is 11.6. The molecule has 2 aliphatic rings. The molecule has 0 amide bonds. The van der Waals surface area contributed by atoms with E-state index in [0.29, 0.717) is 0 Å². The van der Waals surface area contributed by atoms with E-state index in [2.05, 4.69) is 62.7 Å². The molecule has 2 heterocycles. The number of hydrogen-bond acceptors (Lipinski definition) is 6. The van der Waals surface area contributed by atoms with Gasteiger partial charge in [0.25, 0.3) is 0 Å². The van der Waals surface area contributed by atoms with Gasteiger partial charge in [0.1, 0.15) is 12.4 Å². The number of ether oxygens (including phenoxy) is 1. The molecule has 6 heteroatoms. The molecular weight excluding hydrogens is 398 g/mol. The monoisotopic (exact) mass is 433 g/mol. The molecule has 0 spiro atoms. The zero-order chi connectivity index (χ0) is 22.2. The SMILES string of the molecule is C=CCN1CN(CCCCN2CCN(c3ccccc3OC)CC2)N=C1c1ccccc1. The largest absolute Gasteiger partial charge is 0.495 e. The number of methoxy groups -OCH3 is 1. The lowest BCUT2D eigenvalue weighted by Gasteiger charge is -2.36. The smallest absolute Gasteiger partial charge is 0.157 e. The molecule has 0 aromatic heterocycles.